The Hall–Kier alpha value is -1.66. The largest absolute Gasteiger partial charge is 0.508 e. The van der Waals surface area contributed by atoms with Crippen molar-refractivity contribution in [2.45, 2.75) is 38.1 Å². The number of aromatic nitrogens is 2. The van der Waals surface area contributed by atoms with Gasteiger partial charge in [-0.25, -0.2) is 0 Å². The summed E-state index contributed by atoms with van der Waals surface area (Å²) in [6, 6.07) is 7.85. The lowest BCUT2D eigenvalue weighted by atomic mass is 10.0. The molecular weight excluding hydrogens is 320 g/mol. The van der Waals surface area contributed by atoms with E-state index in [4.69, 9.17) is 4.98 Å². The van der Waals surface area contributed by atoms with E-state index in [1.807, 2.05) is 12.1 Å². The number of phenolic OH excluding ortho intramolecular Hbond substituents is 1. The highest BCUT2D eigenvalue weighted by atomic mass is 32.1. The summed E-state index contributed by atoms with van der Waals surface area (Å²) in [5, 5.41) is 10.4. The van der Waals surface area contributed by atoms with Crippen LogP contribution in [0.1, 0.15) is 32.1 Å². The lowest BCUT2D eigenvalue weighted by Gasteiger charge is -2.40. The van der Waals surface area contributed by atoms with Gasteiger partial charge in [0.2, 0.25) is 5.13 Å². The number of phenols is 1. The average molecular weight is 344 g/mol. The van der Waals surface area contributed by atoms with Gasteiger partial charge in [-0.05, 0) is 63.0 Å². The summed E-state index contributed by atoms with van der Waals surface area (Å²) in [5.74, 6) is 1.03. The fraction of sp³-hybridized carbons (Fsp3) is 0.556. The quantitative estimate of drug-likeness (QED) is 0.925. The summed E-state index contributed by atoms with van der Waals surface area (Å²) < 4.78 is 4.50. The highest BCUT2D eigenvalue weighted by molar-refractivity contribution is 7.09. The first-order valence-electron chi connectivity index (χ1n) is 8.92. The topological polar surface area (TPSA) is 52.5 Å². The molecule has 0 spiro atoms. The van der Waals surface area contributed by atoms with Crippen molar-refractivity contribution in [3.05, 3.63) is 24.3 Å². The van der Waals surface area contributed by atoms with Crippen molar-refractivity contribution >= 4 is 16.7 Å². The maximum atomic E-state index is 9.39. The zero-order valence-corrected chi connectivity index (χ0v) is 14.7. The molecule has 2 fully saturated rings. The molecule has 0 bridgehead atoms. The van der Waals surface area contributed by atoms with Crippen LogP contribution in [0.4, 0.5) is 5.13 Å². The number of anilines is 1. The van der Waals surface area contributed by atoms with E-state index < -0.39 is 0 Å². The standard InChI is InChI=1S/C18H24N4OS/c23-16-6-4-14(5-7-16)17-19-18(24-20-17)22-12-8-15(9-13-22)21-10-2-1-3-11-21/h4-7,15,23H,1-3,8-13H2. The molecule has 0 amide bonds. The third-order valence-electron chi connectivity index (χ3n) is 5.18. The molecule has 1 N–H and O–H groups in total. The Morgan fingerprint density at radius 3 is 2.38 bits per heavy atom. The molecule has 4 rings (SSSR count). The molecule has 1 aromatic heterocycles. The number of nitrogens with zero attached hydrogens (tertiary/aromatic N) is 4. The molecule has 5 nitrogen and oxygen atoms in total. The van der Waals surface area contributed by atoms with Crippen LogP contribution in [0, 0.1) is 0 Å². The van der Waals surface area contributed by atoms with Crippen LogP contribution in [0.3, 0.4) is 0 Å². The monoisotopic (exact) mass is 344 g/mol. The zero-order chi connectivity index (χ0) is 16.4. The molecular formula is C18H24N4OS. The smallest absolute Gasteiger partial charge is 0.205 e. The van der Waals surface area contributed by atoms with Gasteiger partial charge >= 0.3 is 0 Å². The van der Waals surface area contributed by atoms with Gasteiger partial charge in [0.05, 0.1) is 0 Å². The van der Waals surface area contributed by atoms with E-state index in [0.717, 1.165) is 35.7 Å². The molecule has 6 heteroatoms. The Morgan fingerprint density at radius 2 is 1.67 bits per heavy atom. The molecule has 2 aromatic rings. The molecule has 3 heterocycles. The fourth-order valence-electron chi connectivity index (χ4n) is 3.78. The normalized spacial score (nSPS) is 20.4. The van der Waals surface area contributed by atoms with Gasteiger partial charge in [0.15, 0.2) is 5.82 Å². The maximum absolute atomic E-state index is 9.39. The molecule has 0 atom stereocenters. The molecule has 2 aliphatic heterocycles. The van der Waals surface area contributed by atoms with Crippen molar-refractivity contribution < 1.29 is 5.11 Å². The van der Waals surface area contributed by atoms with Crippen molar-refractivity contribution in [3.8, 4) is 17.1 Å². The summed E-state index contributed by atoms with van der Waals surface area (Å²) in [5.41, 5.74) is 0.957. The van der Waals surface area contributed by atoms with E-state index in [0.29, 0.717) is 0 Å². The SMILES string of the molecule is Oc1ccc(-c2nsc(N3CCC(N4CCCCC4)CC3)n2)cc1. The van der Waals surface area contributed by atoms with Crippen molar-refractivity contribution in [3.63, 3.8) is 0 Å². The molecule has 0 unspecified atom stereocenters. The Labute approximate surface area is 147 Å². The van der Waals surface area contributed by atoms with Crippen LogP contribution >= 0.6 is 11.5 Å². The molecule has 24 heavy (non-hydrogen) atoms. The van der Waals surface area contributed by atoms with Gasteiger partial charge in [0, 0.05) is 36.2 Å². The number of benzene rings is 1. The first-order chi connectivity index (χ1) is 11.8. The predicted molar refractivity (Wildman–Crippen MR) is 97.7 cm³/mol. The Balaban J connectivity index is 1.38. The molecule has 0 aliphatic carbocycles. The van der Waals surface area contributed by atoms with Gasteiger partial charge in [-0.15, -0.1) is 0 Å². The van der Waals surface area contributed by atoms with Crippen molar-refractivity contribution in [1.29, 1.82) is 0 Å². The van der Waals surface area contributed by atoms with Gasteiger partial charge in [-0.1, -0.05) is 6.42 Å². The predicted octanol–water partition coefficient (Wildman–Crippen LogP) is 3.37. The highest BCUT2D eigenvalue weighted by Gasteiger charge is 2.27. The molecule has 0 radical (unpaired) electrons. The van der Waals surface area contributed by atoms with E-state index in [2.05, 4.69) is 14.2 Å². The number of aromatic hydroxyl groups is 1. The summed E-state index contributed by atoms with van der Waals surface area (Å²) >= 11 is 1.48. The van der Waals surface area contributed by atoms with E-state index in [1.165, 1.54) is 56.7 Å². The molecule has 2 saturated heterocycles. The van der Waals surface area contributed by atoms with E-state index in [-0.39, 0.29) is 5.75 Å². The minimum atomic E-state index is 0.272. The number of piperidine rings is 2. The van der Waals surface area contributed by atoms with Crippen LogP contribution in [0.2, 0.25) is 0 Å². The van der Waals surface area contributed by atoms with Crippen LogP contribution in [-0.4, -0.2) is 51.6 Å². The second-order valence-electron chi connectivity index (χ2n) is 6.76. The average Bonchev–Trinajstić information content (AvgIpc) is 3.13. The van der Waals surface area contributed by atoms with Crippen molar-refractivity contribution in [2.75, 3.05) is 31.1 Å². The summed E-state index contributed by atoms with van der Waals surface area (Å²) in [7, 11) is 0. The first-order valence-corrected chi connectivity index (χ1v) is 9.69. The van der Waals surface area contributed by atoms with Crippen LogP contribution in [0.25, 0.3) is 11.4 Å². The van der Waals surface area contributed by atoms with Crippen LogP contribution < -0.4 is 4.90 Å². The van der Waals surface area contributed by atoms with E-state index >= 15 is 0 Å². The first kappa shape index (κ1) is 15.8. The zero-order valence-electron chi connectivity index (χ0n) is 13.9. The maximum Gasteiger partial charge on any atom is 0.205 e. The third-order valence-corrected chi connectivity index (χ3v) is 5.96. The lowest BCUT2D eigenvalue weighted by molar-refractivity contribution is 0.141. The van der Waals surface area contributed by atoms with Crippen LogP contribution in [0.5, 0.6) is 5.75 Å². The lowest BCUT2D eigenvalue weighted by Crippen LogP contribution is -2.46. The summed E-state index contributed by atoms with van der Waals surface area (Å²) in [6.45, 7) is 4.72. The summed E-state index contributed by atoms with van der Waals surface area (Å²) in [4.78, 5) is 9.78. The van der Waals surface area contributed by atoms with Crippen LogP contribution in [-0.2, 0) is 0 Å². The molecule has 0 saturated carbocycles. The number of hydrogen-bond acceptors (Lipinski definition) is 6. The molecule has 1 aromatic carbocycles. The van der Waals surface area contributed by atoms with Crippen molar-refractivity contribution in [2.24, 2.45) is 0 Å². The van der Waals surface area contributed by atoms with Gasteiger partial charge in [0.1, 0.15) is 5.75 Å². The van der Waals surface area contributed by atoms with E-state index in [9.17, 15) is 5.11 Å². The number of rotatable bonds is 3. The minimum absolute atomic E-state index is 0.272. The van der Waals surface area contributed by atoms with Crippen LogP contribution in [0.15, 0.2) is 24.3 Å². The minimum Gasteiger partial charge on any atom is -0.508 e. The second-order valence-corrected chi connectivity index (χ2v) is 7.49. The number of hydrogen-bond donors (Lipinski definition) is 1. The second kappa shape index (κ2) is 7.07. The van der Waals surface area contributed by atoms with Gasteiger partial charge in [0.25, 0.3) is 0 Å². The Kier molecular flexibility index (Phi) is 4.67. The Bertz CT molecular complexity index is 658. The third kappa shape index (κ3) is 3.39. The van der Waals surface area contributed by atoms with Gasteiger partial charge in [-0.3, -0.25) is 0 Å². The molecule has 2 aliphatic rings. The Morgan fingerprint density at radius 1 is 0.958 bits per heavy atom. The fourth-order valence-corrected chi connectivity index (χ4v) is 4.52. The highest BCUT2D eigenvalue weighted by Crippen LogP contribution is 2.28. The van der Waals surface area contributed by atoms with Crippen molar-refractivity contribution in [1.82, 2.24) is 14.3 Å². The van der Waals surface area contributed by atoms with Gasteiger partial charge < -0.3 is 14.9 Å². The molecule has 128 valence electrons. The van der Waals surface area contributed by atoms with Gasteiger partial charge in [-0.2, -0.15) is 9.36 Å². The van der Waals surface area contributed by atoms with E-state index in [1.54, 1.807) is 12.1 Å². The number of likely N-dealkylation sites (tertiary alicyclic amines) is 1. The summed E-state index contributed by atoms with van der Waals surface area (Å²) in [6.07, 6.45) is 6.60.